The predicted octanol–water partition coefficient (Wildman–Crippen LogP) is 1.97. The van der Waals surface area contributed by atoms with Crippen molar-refractivity contribution >= 4 is 33.3 Å². The lowest BCUT2D eigenvalue weighted by Crippen LogP contribution is -2.18. The van der Waals surface area contributed by atoms with E-state index in [1.54, 1.807) is 25.4 Å². The molecule has 1 amide bonds. The molecule has 100 valence electrons. The number of nitrogen functional groups attached to an aromatic ring is 1. The SMILES string of the molecule is CCc1nn(C)c(C(=O)Nc2ccc(Br)cn2)c1N. The van der Waals surface area contributed by atoms with E-state index in [-0.39, 0.29) is 5.91 Å². The maximum atomic E-state index is 12.2. The molecule has 3 N–H and O–H groups in total. The zero-order valence-electron chi connectivity index (χ0n) is 10.6. The number of pyridine rings is 1. The molecular formula is C12H14BrN5O. The molecule has 0 spiro atoms. The Balaban J connectivity index is 2.25. The van der Waals surface area contributed by atoms with Crippen molar-refractivity contribution < 1.29 is 4.79 Å². The van der Waals surface area contributed by atoms with Crippen molar-refractivity contribution in [3.8, 4) is 0 Å². The number of rotatable bonds is 3. The highest BCUT2D eigenvalue weighted by Crippen LogP contribution is 2.18. The van der Waals surface area contributed by atoms with Crippen molar-refractivity contribution in [2.45, 2.75) is 13.3 Å². The van der Waals surface area contributed by atoms with Crippen LogP contribution in [0, 0.1) is 0 Å². The topological polar surface area (TPSA) is 85.8 Å². The van der Waals surface area contributed by atoms with E-state index in [1.165, 1.54) is 4.68 Å². The second-order valence-electron chi connectivity index (χ2n) is 4.00. The smallest absolute Gasteiger partial charge is 0.277 e. The molecule has 0 saturated heterocycles. The molecule has 0 saturated carbocycles. The minimum Gasteiger partial charge on any atom is -0.395 e. The molecule has 2 aromatic rings. The van der Waals surface area contributed by atoms with Gasteiger partial charge in [0.05, 0.1) is 11.4 Å². The van der Waals surface area contributed by atoms with Gasteiger partial charge in [0.1, 0.15) is 11.5 Å². The number of nitrogens with two attached hydrogens (primary N) is 1. The molecule has 2 rings (SSSR count). The minimum absolute atomic E-state index is 0.318. The summed E-state index contributed by atoms with van der Waals surface area (Å²) >= 11 is 3.28. The first-order valence-corrected chi connectivity index (χ1v) is 6.56. The quantitative estimate of drug-likeness (QED) is 0.904. The summed E-state index contributed by atoms with van der Waals surface area (Å²) in [6, 6.07) is 3.50. The van der Waals surface area contributed by atoms with Crippen molar-refractivity contribution in [2.24, 2.45) is 7.05 Å². The molecule has 0 radical (unpaired) electrons. The Kier molecular flexibility index (Phi) is 3.84. The summed E-state index contributed by atoms with van der Waals surface area (Å²) in [7, 11) is 1.69. The van der Waals surface area contributed by atoms with E-state index < -0.39 is 0 Å². The van der Waals surface area contributed by atoms with Gasteiger partial charge in [-0.05, 0) is 34.5 Å². The summed E-state index contributed by atoms with van der Waals surface area (Å²) in [5, 5.41) is 6.90. The molecule has 0 fully saturated rings. The number of nitrogens with zero attached hydrogens (tertiary/aromatic N) is 3. The van der Waals surface area contributed by atoms with Gasteiger partial charge in [-0.25, -0.2) is 4.98 Å². The molecule has 0 bridgehead atoms. The Morgan fingerprint density at radius 2 is 2.26 bits per heavy atom. The first-order valence-electron chi connectivity index (χ1n) is 5.77. The standard InChI is InChI=1S/C12H14BrN5O/c1-3-8-10(14)11(18(2)17-8)12(19)16-9-5-4-7(13)6-15-9/h4-6H,3,14H2,1-2H3,(H,15,16,19). The van der Waals surface area contributed by atoms with Gasteiger partial charge in [0.25, 0.3) is 5.91 Å². The fourth-order valence-corrected chi connectivity index (χ4v) is 1.99. The third kappa shape index (κ3) is 2.76. The van der Waals surface area contributed by atoms with Crippen LogP contribution in [0.3, 0.4) is 0 Å². The maximum Gasteiger partial charge on any atom is 0.277 e. The molecular weight excluding hydrogens is 310 g/mol. The highest BCUT2D eigenvalue weighted by atomic mass is 79.9. The largest absolute Gasteiger partial charge is 0.395 e. The van der Waals surface area contributed by atoms with Gasteiger partial charge in [-0.3, -0.25) is 9.48 Å². The zero-order valence-corrected chi connectivity index (χ0v) is 12.2. The lowest BCUT2D eigenvalue weighted by atomic mass is 10.2. The molecule has 2 aromatic heterocycles. The van der Waals surface area contributed by atoms with Gasteiger partial charge in [0, 0.05) is 17.7 Å². The average Bonchev–Trinajstić information content (AvgIpc) is 2.67. The number of nitrogens with one attached hydrogen (secondary N) is 1. The number of amides is 1. The van der Waals surface area contributed by atoms with Crippen molar-refractivity contribution in [1.29, 1.82) is 0 Å². The highest BCUT2D eigenvalue weighted by molar-refractivity contribution is 9.10. The van der Waals surface area contributed by atoms with Crippen LogP contribution in [0.2, 0.25) is 0 Å². The predicted molar refractivity (Wildman–Crippen MR) is 76.9 cm³/mol. The molecule has 6 nitrogen and oxygen atoms in total. The Morgan fingerprint density at radius 3 is 2.79 bits per heavy atom. The number of hydrogen-bond donors (Lipinski definition) is 2. The van der Waals surface area contributed by atoms with Gasteiger partial charge in [-0.1, -0.05) is 6.92 Å². The number of carbonyl (C=O) groups is 1. The van der Waals surface area contributed by atoms with E-state index in [4.69, 9.17) is 5.73 Å². The number of carbonyl (C=O) groups excluding carboxylic acids is 1. The number of hydrogen-bond acceptors (Lipinski definition) is 4. The van der Waals surface area contributed by atoms with Crippen molar-refractivity contribution in [3.63, 3.8) is 0 Å². The van der Waals surface area contributed by atoms with E-state index in [2.05, 4.69) is 31.3 Å². The molecule has 0 aliphatic carbocycles. The number of halogens is 1. The summed E-state index contributed by atoms with van der Waals surface area (Å²) in [5.41, 5.74) is 7.41. The van der Waals surface area contributed by atoms with Crippen LogP contribution < -0.4 is 11.1 Å². The van der Waals surface area contributed by atoms with E-state index in [9.17, 15) is 4.79 Å². The van der Waals surface area contributed by atoms with E-state index >= 15 is 0 Å². The van der Waals surface area contributed by atoms with Gasteiger partial charge >= 0.3 is 0 Å². The fourth-order valence-electron chi connectivity index (χ4n) is 1.75. The van der Waals surface area contributed by atoms with Crippen LogP contribution in [-0.2, 0) is 13.5 Å². The van der Waals surface area contributed by atoms with E-state index in [1.807, 2.05) is 6.92 Å². The van der Waals surface area contributed by atoms with Crippen LogP contribution in [0.15, 0.2) is 22.8 Å². The summed E-state index contributed by atoms with van der Waals surface area (Å²) in [6.45, 7) is 1.94. The monoisotopic (exact) mass is 323 g/mol. The van der Waals surface area contributed by atoms with E-state index in [0.717, 1.165) is 10.2 Å². The second-order valence-corrected chi connectivity index (χ2v) is 4.92. The lowest BCUT2D eigenvalue weighted by molar-refractivity contribution is 0.101. The van der Waals surface area contributed by atoms with Gasteiger partial charge in [0.15, 0.2) is 0 Å². The summed E-state index contributed by atoms with van der Waals surface area (Å²) in [6.07, 6.45) is 2.29. The third-order valence-electron chi connectivity index (χ3n) is 2.68. The van der Waals surface area contributed by atoms with Crippen LogP contribution >= 0.6 is 15.9 Å². The summed E-state index contributed by atoms with van der Waals surface area (Å²) in [4.78, 5) is 16.2. The van der Waals surface area contributed by atoms with Crippen molar-refractivity contribution in [1.82, 2.24) is 14.8 Å². The number of aryl methyl sites for hydroxylation is 2. The Morgan fingerprint density at radius 1 is 1.53 bits per heavy atom. The highest BCUT2D eigenvalue weighted by Gasteiger charge is 2.19. The first kappa shape index (κ1) is 13.5. The average molecular weight is 324 g/mol. The van der Waals surface area contributed by atoms with Crippen LogP contribution in [0.25, 0.3) is 0 Å². The summed E-state index contributed by atoms with van der Waals surface area (Å²) < 4.78 is 2.33. The van der Waals surface area contributed by atoms with Gasteiger partial charge < -0.3 is 11.1 Å². The van der Waals surface area contributed by atoms with E-state index in [0.29, 0.717) is 23.6 Å². The molecule has 0 aromatic carbocycles. The molecule has 0 unspecified atom stereocenters. The van der Waals surface area contributed by atoms with Gasteiger partial charge in [-0.15, -0.1) is 0 Å². The second kappa shape index (κ2) is 5.40. The lowest BCUT2D eigenvalue weighted by Gasteiger charge is -2.05. The Hall–Kier alpha value is -1.89. The van der Waals surface area contributed by atoms with Crippen LogP contribution in [0.1, 0.15) is 23.1 Å². The molecule has 7 heteroatoms. The van der Waals surface area contributed by atoms with Crippen LogP contribution in [0.5, 0.6) is 0 Å². The summed E-state index contributed by atoms with van der Waals surface area (Å²) in [5.74, 6) is 0.147. The molecule has 0 atom stereocenters. The fraction of sp³-hybridized carbons (Fsp3) is 0.250. The molecule has 2 heterocycles. The van der Waals surface area contributed by atoms with Crippen molar-refractivity contribution in [3.05, 3.63) is 34.2 Å². The molecule has 0 aliphatic heterocycles. The van der Waals surface area contributed by atoms with Crippen LogP contribution in [0.4, 0.5) is 11.5 Å². The zero-order chi connectivity index (χ0) is 14.0. The van der Waals surface area contributed by atoms with Gasteiger partial charge in [0.2, 0.25) is 0 Å². The Bertz CT molecular complexity index is 605. The van der Waals surface area contributed by atoms with Gasteiger partial charge in [-0.2, -0.15) is 5.10 Å². The first-order chi connectivity index (χ1) is 9.02. The maximum absolute atomic E-state index is 12.2. The minimum atomic E-state index is -0.318. The molecule has 0 aliphatic rings. The molecule has 19 heavy (non-hydrogen) atoms. The number of aromatic nitrogens is 3. The number of anilines is 2. The Labute approximate surface area is 119 Å². The normalized spacial score (nSPS) is 10.5. The van der Waals surface area contributed by atoms with Crippen molar-refractivity contribution in [2.75, 3.05) is 11.1 Å². The van der Waals surface area contributed by atoms with Crippen LogP contribution in [-0.4, -0.2) is 20.7 Å². The third-order valence-corrected chi connectivity index (χ3v) is 3.15.